The molecule has 8 amide bonds. The first kappa shape index (κ1) is 43.5. The predicted molar refractivity (Wildman–Crippen MR) is 178 cm³/mol. The van der Waals surface area contributed by atoms with Gasteiger partial charge in [0.15, 0.2) is 5.96 Å². The number of aliphatic imine (C=N–C) groups is 1. The van der Waals surface area contributed by atoms with Crippen molar-refractivity contribution in [2.75, 3.05) is 25.4 Å². The highest BCUT2D eigenvalue weighted by atomic mass is 32.1. The van der Waals surface area contributed by atoms with Crippen LogP contribution in [0.25, 0.3) is 0 Å². The van der Waals surface area contributed by atoms with Crippen molar-refractivity contribution in [2.24, 2.45) is 22.4 Å². The lowest BCUT2D eigenvalue weighted by molar-refractivity contribution is -0.149. The van der Waals surface area contributed by atoms with Gasteiger partial charge in [0.1, 0.15) is 36.8 Å². The van der Waals surface area contributed by atoms with E-state index in [-0.39, 0.29) is 25.3 Å². The maximum absolute atomic E-state index is 13.4. The van der Waals surface area contributed by atoms with E-state index in [1.165, 1.54) is 13.8 Å². The van der Waals surface area contributed by atoms with Crippen LogP contribution in [0.15, 0.2) is 4.99 Å². The molecule has 5 atom stereocenters. The lowest BCUT2D eigenvalue weighted by Gasteiger charge is -2.29. The summed E-state index contributed by atoms with van der Waals surface area (Å²) in [7, 11) is 0. The number of guanidine groups is 1. The number of hydrogen-bond donors (Lipinski definition) is 11. The van der Waals surface area contributed by atoms with Gasteiger partial charge in [0.25, 0.3) is 5.91 Å². The Kier molecular flexibility index (Phi) is 17.8. The van der Waals surface area contributed by atoms with E-state index < -0.39 is 127 Å². The van der Waals surface area contributed by atoms with E-state index in [1.807, 2.05) is 0 Å². The molecule has 0 bridgehead atoms. The molecule has 1 saturated heterocycles. The Bertz CT molecular complexity index is 1400. The molecule has 12 N–H and O–H groups in total. The molecule has 0 radical (unpaired) electrons. The van der Waals surface area contributed by atoms with Crippen LogP contribution in [-0.2, 0) is 47.9 Å². The standard InChI is InChI=1S/C28H44N10O12S/c1-12(2)22-26(49)36-17(11-51)27(50)38(13(3)39)10-19(41)33-14(5-4-6-31-28(29)30)23(46)32-9-18(40)34-15(7-20(42)43)24(47)35-16(8-21(44)45)25(48)37-22/h12,14-17,22,51H,4-11H2,1-3H3,(H,32,46)(H,33,41)(H,34,40)(H,35,47)(H,36,49)(H,37,48)(H,42,43)(H,44,45)(H4,29,30,31)/t14-,15-,16+,17+,22+/m0/s1. The summed E-state index contributed by atoms with van der Waals surface area (Å²) < 4.78 is 0. The predicted octanol–water partition coefficient (Wildman–Crippen LogP) is -5.50. The van der Waals surface area contributed by atoms with E-state index in [0.29, 0.717) is 4.90 Å². The minimum atomic E-state index is -1.89. The zero-order chi connectivity index (χ0) is 39.0. The molecular formula is C28H44N10O12S. The number of carbonyl (C=O) groups excluding carboxylic acids is 8. The average Bonchev–Trinajstić information content (AvgIpc) is 3.02. The van der Waals surface area contributed by atoms with Gasteiger partial charge in [-0.15, -0.1) is 0 Å². The molecule has 1 fully saturated rings. The number of carbonyl (C=O) groups is 10. The van der Waals surface area contributed by atoms with Gasteiger partial charge in [0.05, 0.1) is 19.4 Å². The smallest absolute Gasteiger partial charge is 0.305 e. The van der Waals surface area contributed by atoms with Crippen LogP contribution >= 0.6 is 12.6 Å². The third kappa shape index (κ3) is 15.3. The topological polar surface area (TPSA) is 351 Å². The summed E-state index contributed by atoms with van der Waals surface area (Å²) in [6.07, 6.45) is -2.07. The van der Waals surface area contributed by atoms with E-state index in [4.69, 9.17) is 11.5 Å². The number of hydrogen-bond acceptors (Lipinski definition) is 12. The van der Waals surface area contributed by atoms with Crippen molar-refractivity contribution in [3.8, 4) is 0 Å². The first-order valence-corrected chi connectivity index (χ1v) is 16.1. The second-order valence-electron chi connectivity index (χ2n) is 11.6. The van der Waals surface area contributed by atoms with Crippen molar-refractivity contribution in [3.05, 3.63) is 0 Å². The summed E-state index contributed by atoms with van der Waals surface area (Å²) in [4.78, 5) is 132. The first-order valence-electron chi connectivity index (χ1n) is 15.5. The van der Waals surface area contributed by atoms with Crippen molar-refractivity contribution in [1.29, 1.82) is 0 Å². The highest BCUT2D eigenvalue weighted by Crippen LogP contribution is 2.08. The Balaban J connectivity index is 3.65. The van der Waals surface area contributed by atoms with Gasteiger partial charge in [-0.3, -0.25) is 57.8 Å². The summed E-state index contributed by atoms with van der Waals surface area (Å²) in [5.74, 6) is -13.0. The summed E-state index contributed by atoms with van der Waals surface area (Å²) >= 11 is 4.07. The molecular weight excluding hydrogens is 700 g/mol. The van der Waals surface area contributed by atoms with Crippen LogP contribution in [0.3, 0.4) is 0 Å². The Hall–Kier alpha value is -5.48. The zero-order valence-corrected chi connectivity index (χ0v) is 29.0. The van der Waals surface area contributed by atoms with Crippen LogP contribution in [-0.4, -0.2) is 136 Å². The van der Waals surface area contributed by atoms with E-state index >= 15 is 0 Å². The van der Waals surface area contributed by atoms with Crippen LogP contribution < -0.4 is 43.4 Å². The number of imide groups is 1. The van der Waals surface area contributed by atoms with Crippen LogP contribution in [0.4, 0.5) is 0 Å². The molecule has 0 aliphatic carbocycles. The van der Waals surface area contributed by atoms with Gasteiger partial charge >= 0.3 is 11.9 Å². The minimum absolute atomic E-state index is 0.0213. The molecule has 0 spiro atoms. The number of carboxylic acid groups (broad SMARTS) is 2. The average molecular weight is 745 g/mol. The van der Waals surface area contributed by atoms with Crippen molar-refractivity contribution in [1.82, 2.24) is 36.8 Å². The molecule has 1 rings (SSSR count). The molecule has 0 aromatic rings. The summed E-state index contributed by atoms with van der Waals surface area (Å²) in [5.41, 5.74) is 10.6. The number of aliphatic carboxylic acids is 2. The van der Waals surface area contributed by atoms with Gasteiger partial charge in [0.2, 0.25) is 41.4 Å². The fourth-order valence-corrected chi connectivity index (χ4v) is 4.75. The van der Waals surface area contributed by atoms with Gasteiger partial charge in [-0.2, -0.15) is 12.6 Å². The third-order valence-corrected chi connectivity index (χ3v) is 7.42. The van der Waals surface area contributed by atoms with E-state index in [2.05, 4.69) is 49.5 Å². The molecule has 1 aliphatic rings. The molecule has 0 aromatic carbocycles. The van der Waals surface area contributed by atoms with Gasteiger partial charge in [0, 0.05) is 19.2 Å². The summed E-state index contributed by atoms with van der Waals surface area (Å²) in [5, 5.41) is 32.1. The number of carboxylic acids is 2. The Morgan fingerprint density at radius 1 is 0.804 bits per heavy atom. The molecule has 22 nitrogen and oxygen atoms in total. The van der Waals surface area contributed by atoms with Crippen molar-refractivity contribution in [3.63, 3.8) is 0 Å². The number of nitrogens with two attached hydrogens (primary N) is 2. The molecule has 0 saturated carbocycles. The molecule has 0 aromatic heterocycles. The van der Waals surface area contributed by atoms with Gasteiger partial charge in [-0.05, 0) is 18.8 Å². The van der Waals surface area contributed by atoms with E-state index in [0.717, 1.165) is 6.92 Å². The monoisotopic (exact) mass is 744 g/mol. The third-order valence-electron chi connectivity index (χ3n) is 7.05. The maximum Gasteiger partial charge on any atom is 0.305 e. The van der Waals surface area contributed by atoms with E-state index in [9.17, 15) is 58.2 Å². The van der Waals surface area contributed by atoms with Crippen LogP contribution in [0.1, 0.15) is 46.5 Å². The molecule has 1 heterocycles. The van der Waals surface area contributed by atoms with Crippen molar-refractivity contribution >= 4 is 77.8 Å². The van der Waals surface area contributed by atoms with Crippen LogP contribution in [0.2, 0.25) is 0 Å². The Morgan fingerprint density at radius 3 is 1.84 bits per heavy atom. The van der Waals surface area contributed by atoms with Gasteiger partial charge < -0.3 is 53.6 Å². The van der Waals surface area contributed by atoms with Gasteiger partial charge in [-0.25, -0.2) is 0 Å². The van der Waals surface area contributed by atoms with E-state index in [1.54, 1.807) is 0 Å². The lowest BCUT2D eigenvalue weighted by atomic mass is 10.0. The Morgan fingerprint density at radius 2 is 1.33 bits per heavy atom. The number of nitrogens with one attached hydrogen (secondary N) is 6. The molecule has 51 heavy (non-hydrogen) atoms. The van der Waals surface area contributed by atoms with Crippen molar-refractivity contribution < 1.29 is 58.2 Å². The number of rotatable bonds is 10. The summed E-state index contributed by atoms with van der Waals surface area (Å²) in [6.45, 7) is 2.19. The first-order chi connectivity index (χ1) is 23.8. The van der Waals surface area contributed by atoms with Gasteiger partial charge in [-0.1, -0.05) is 13.8 Å². The Labute approximate surface area is 297 Å². The van der Waals surface area contributed by atoms with Crippen molar-refractivity contribution in [2.45, 2.75) is 76.7 Å². The SMILES string of the molecule is CC(=O)N1CC(=O)N[C@@H](CCCN=C(N)N)C(=O)NCC(=O)N[C@@H](CC(=O)O)C(=O)N[C@H](CC(=O)O)C(=O)N[C@H](C(C)C)C(=O)N[C@H](CS)C1=O. The fourth-order valence-electron chi connectivity index (χ4n) is 4.50. The zero-order valence-electron chi connectivity index (χ0n) is 28.1. The number of nitrogens with zero attached hydrogens (tertiary/aromatic N) is 2. The minimum Gasteiger partial charge on any atom is -0.481 e. The van der Waals surface area contributed by atoms with Crippen LogP contribution in [0, 0.1) is 5.92 Å². The largest absolute Gasteiger partial charge is 0.481 e. The normalized spacial score (nSPS) is 23.4. The molecule has 1 aliphatic heterocycles. The quantitative estimate of drug-likeness (QED) is 0.0430. The summed E-state index contributed by atoms with van der Waals surface area (Å²) in [6, 6.07) is -8.15. The maximum atomic E-state index is 13.4. The number of amides is 8. The highest BCUT2D eigenvalue weighted by Gasteiger charge is 2.36. The highest BCUT2D eigenvalue weighted by molar-refractivity contribution is 7.80. The molecule has 23 heteroatoms. The van der Waals surface area contributed by atoms with Crippen LogP contribution in [0.5, 0.6) is 0 Å². The number of thiol groups is 1. The molecule has 0 unspecified atom stereocenters. The molecule has 284 valence electrons. The lowest BCUT2D eigenvalue weighted by Crippen LogP contribution is -2.60. The second-order valence-corrected chi connectivity index (χ2v) is 11.9. The fraction of sp³-hybridized carbons (Fsp3) is 0.607. The second kappa shape index (κ2) is 20.9.